The van der Waals surface area contributed by atoms with Crippen molar-refractivity contribution in [2.24, 2.45) is 10.9 Å². The molecule has 0 spiro atoms. The molecule has 2 heterocycles. The fraction of sp³-hybridized carbons (Fsp3) is 0.536. The number of fused-ring (bicyclic) bond motifs is 1. The van der Waals surface area contributed by atoms with Gasteiger partial charge in [-0.25, -0.2) is 4.39 Å². The minimum atomic E-state index is -1.04. The largest absolute Gasteiger partial charge is 0.494 e. The molecular formula is C28H36FN5O5. The molecule has 5 rings (SSSR count). The lowest BCUT2D eigenvalue weighted by Crippen LogP contribution is -2.46. The summed E-state index contributed by atoms with van der Waals surface area (Å²) in [7, 11) is 1.42. The smallest absolute Gasteiger partial charge is 0.255 e. The number of carbonyl (C=O) groups excluding carboxylic acids is 2. The lowest BCUT2D eigenvalue weighted by atomic mass is 9.86. The Hall–Kier alpha value is -3.60. The molecule has 0 bridgehead atoms. The van der Waals surface area contributed by atoms with E-state index in [0.29, 0.717) is 66.5 Å². The van der Waals surface area contributed by atoms with Crippen LogP contribution in [0.15, 0.2) is 23.3 Å². The third kappa shape index (κ3) is 5.59. The normalized spacial score (nSPS) is 24.7. The van der Waals surface area contributed by atoms with Gasteiger partial charge in [0.05, 0.1) is 37.0 Å². The van der Waals surface area contributed by atoms with Crippen LogP contribution < -0.4 is 25.4 Å². The van der Waals surface area contributed by atoms with Gasteiger partial charge >= 0.3 is 0 Å². The van der Waals surface area contributed by atoms with Crippen LogP contribution in [0.3, 0.4) is 0 Å². The average Bonchev–Trinajstić information content (AvgIpc) is 3.64. The standard InChI is InChI=1S/C28H36FN5O5/c1-15(35)26(36)33-17-6-8-18(9-7-17)34-27(37)19-12-30-25-24(19)31-14-32-28(25,2)20-10-21(29)23(38-3)11-22(20)39-13-16-4-5-16/h10-12,14-18,30,35H,4-9,13H2,1-3H3,(H,31,32)(H,33,36)(H,34,37)/t15-,17?,18?,28?/m0/s1. The van der Waals surface area contributed by atoms with Crippen molar-refractivity contribution < 1.29 is 28.6 Å². The van der Waals surface area contributed by atoms with E-state index in [4.69, 9.17) is 9.47 Å². The van der Waals surface area contributed by atoms with Gasteiger partial charge in [-0.05, 0) is 64.4 Å². The molecule has 1 aliphatic heterocycles. The number of aliphatic hydroxyl groups excluding tert-OH is 1. The number of rotatable bonds is 9. The van der Waals surface area contributed by atoms with Gasteiger partial charge in [-0.2, -0.15) is 0 Å². The van der Waals surface area contributed by atoms with Crippen molar-refractivity contribution in [3.63, 3.8) is 0 Å². The number of H-pyrrole nitrogens is 1. The zero-order valence-corrected chi connectivity index (χ0v) is 22.5. The number of carbonyl (C=O) groups is 2. The maximum Gasteiger partial charge on any atom is 0.255 e. The Bertz CT molecular complexity index is 1270. The number of aliphatic imine (C=N–C) groups is 1. The number of methoxy groups -OCH3 is 1. The van der Waals surface area contributed by atoms with Crippen LogP contribution in [0.5, 0.6) is 11.5 Å². The van der Waals surface area contributed by atoms with Gasteiger partial charge < -0.3 is 35.5 Å². The molecule has 39 heavy (non-hydrogen) atoms. The van der Waals surface area contributed by atoms with Gasteiger partial charge in [-0.15, -0.1) is 0 Å². The van der Waals surface area contributed by atoms with Crippen LogP contribution in [-0.2, 0) is 10.3 Å². The van der Waals surface area contributed by atoms with E-state index in [-0.39, 0.29) is 29.6 Å². The number of anilines is 1. The zero-order valence-electron chi connectivity index (χ0n) is 22.5. The van der Waals surface area contributed by atoms with Crippen molar-refractivity contribution in [2.45, 2.75) is 76.1 Å². The number of aromatic amines is 1. The van der Waals surface area contributed by atoms with E-state index in [1.807, 2.05) is 6.92 Å². The molecule has 2 aromatic rings. The van der Waals surface area contributed by atoms with Gasteiger partial charge in [0.15, 0.2) is 11.6 Å². The summed E-state index contributed by atoms with van der Waals surface area (Å²) in [5, 5.41) is 18.5. The summed E-state index contributed by atoms with van der Waals surface area (Å²) in [5.41, 5.74) is 1.13. The monoisotopic (exact) mass is 541 g/mol. The second-order valence-corrected chi connectivity index (χ2v) is 10.9. The highest BCUT2D eigenvalue weighted by atomic mass is 19.1. The topological polar surface area (TPSA) is 137 Å². The first-order valence-electron chi connectivity index (χ1n) is 13.5. The van der Waals surface area contributed by atoms with Gasteiger partial charge in [0.1, 0.15) is 17.4 Å². The number of hydrogen-bond acceptors (Lipinski definition) is 7. The highest BCUT2D eigenvalue weighted by Gasteiger charge is 2.40. The Morgan fingerprint density at radius 1 is 1.15 bits per heavy atom. The molecule has 2 amide bonds. The second kappa shape index (κ2) is 10.9. The highest BCUT2D eigenvalue weighted by molar-refractivity contribution is 6.03. The molecule has 2 aliphatic carbocycles. The van der Waals surface area contributed by atoms with Gasteiger partial charge in [0, 0.05) is 29.9 Å². The third-order valence-electron chi connectivity index (χ3n) is 7.88. The molecule has 2 saturated carbocycles. The predicted molar refractivity (Wildman–Crippen MR) is 144 cm³/mol. The number of ether oxygens (including phenoxy) is 2. The minimum absolute atomic E-state index is 0.0138. The van der Waals surface area contributed by atoms with Crippen molar-refractivity contribution in [2.75, 3.05) is 19.0 Å². The lowest BCUT2D eigenvalue weighted by molar-refractivity contribution is -0.129. The number of halogens is 1. The van der Waals surface area contributed by atoms with Crippen LogP contribution >= 0.6 is 0 Å². The van der Waals surface area contributed by atoms with E-state index in [1.54, 1.807) is 12.3 Å². The number of nitrogens with zero attached hydrogens (tertiary/aromatic N) is 1. The quantitative estimate of drug-likeness (QED) is 0.331. The van der Waals surface area contributed by atoms with E-state index in [9.17, 15) is 19.1 Å². The number of benzene rings is 1. The lowest BCUT2D eigenvalue weighted by Gasteiger charge is -2.32. The Morgan fingerprint density at radius 3 is 2.49 bits per heavy atom. The van der Waals surface area contributed by atoms with Crippen LogP contribution in [0, 0.1) is 11.7 Å². The molecule has 1 aromatic carbocycles. The summed E-state index contributed by atoms with van der Waals surface area (Å²) in [6.45, 7) is 3.83. The molecule has 210 valence electrons. The summed E-state index contributed by atoms with van der Waals surface area (Å²) in [5.74, 6) is -0.0484. The first-order chi connectivity index (χ1) is 18.7. The molecule has 0 radical (unpaired) electrons. The minimum Gasteiger partial charge on any atom is -0.494 e. The van der Waals surface area contributed by atoms with E-state index >= 15 is 0 Å². The molecule has 1 unspecified atom stereocenters. The van der Waals surface area contributed by atoms with E-state index in [2.05, 4.69) is 25.9 Å². The summed E-state index contributed by atoms with van der Waals surface area (Å²) in [4.78, 5) is 33.0. The van der Waals surface area contributed by atoms with Crippen LogP contribution in [-0.4, -0.2) is 60.1 Å². The second-order valence-electron chi connectivity index (χ2n) is 10.9. The fourth-order valence-corrected chi connectivity index (χ4v) is 5.28. The molecule has 2 atom stereocenters. The Morgan fingerprint density at radius 2 is 1.85 bits per heavy atom. The molecule has 0 saturated heterocycles. The Kier molecular flexibility index (Phi) is 7.53. The molecule has 5 N–H and O–H groups in total. The van der Waals surface area contributed by atoms with Crippen molar-refractivity contribution in [3.05, 3.63) is 41.0 Å². The van der Waals surface area contributed by atoms with Gasteiger partial charge in [0.2, 0.25) is 5.91 Å². The molecular weight excluding hydrogens is 505 g/mol. The third-order valence-corrected chi connectivity index (χ3v) is 7.88. The number of nitrogens with one attached hydrogen (secondary N) is 4. The van der Waals surface area contributed by atoms with Crippen LogP contribution in [0.4, 0.5) is 10.1 Å². The van der Waals surface area contributed by atoms with E-state index < -0.39 is 17.5 Å². The average molecular weight is 542 g/mol. The number of aliphatic hydroxyl groups is 1. The first-order valence-corrected chi connectivity index (χ1v) is 13.5. The molecule has 1 aromatic heterocycles. The fourth-order valence-electron chi connectivity index (χ4n) is 5.28. The van der Waals surface area contributed by atoms with Crippen LogP contribution in [0.25, 0.3) is 0 Å². The first kappa shape index (κ1) is 27.0. The summed E-state index contributed by atoms with van der Waals surface area (Å²) < 4.78 is 26.2. The van der Waals surface area contributed by atoms with Crippen molar-refractivity contribution in [1.82, 2.24) is 15.6 Å². The molecule has 11 heteroatoms. The summed E-state index contributed by atoms with van der Waals surface area (Å²) in [6.07, 6.45) is 7.20. The summed E-state index contributed by atoms with van der Waals surface area (Å²) >= 11 is 0. The van der Waals surface area contributed by atoms with Crippen LogP contribution in [0.1, 0.15) is 74.0 Å². The van der Waals surface area contributed by atoms with Gasteiger partial charge in [0.25, 0.3) is 5.91 Å². The van der Waals surface area contributed by atoms with Crippen molar-refractivity contribution >= 4 is 23.8 Å². The van der Waals surface area contributed by atoms with E-state index in [1.165, 1.54) is 26.4 Å². The zero-order chi connectivity index (χ0) is 27.7. The molecule has 10 nitrogen and oxygen atoms in total. The Labute approximate surface area is 226 Å². The number of aromatic nitrogens is 1. The SMILES string of the molecule is COc1cc(OCC2CC2)c(C2(C)N=CNc3c(C(=O)NC4CCC(NC(=O)[C@H](C)O)CC4)c[nH]c32)cc1F. The maximum absolute atomic E-state index is 14.9. The number of hydrogen-bond donors (Lipinski definition) is 5. The summed E-state index contributed by atoms with van der Waals surface area (Å²) in [6, 6.07) is 2.90. The van der Waals surface area contributed by atoms with Crippen molar-refractivity contribution in [1.29, 1.82) is 0 Å². The maximum atomic E-state index is 14.9. The molecule has 3 aliphatic rings. The molecule has 2 fully saturated rings. The Balaban J connectivity index is 1.33. The van der Waals surface area contributed by atoms with Gasteiger partial charge in [-0.1, -0.05) is 0 Å². The predicted octanol–water partition coefficient (Wildman–Crippen LogP) is 3.21. The van der Waals surface area contributed by atoms with Gasteiger partial charge in [-0.3, -0.25) is 14.6 Å². The van der Waals surface area contributed by atoms with Crippen LogP contribution in [0.2, 0.25) is 0 Å². The van der Waals surface area contributed by atoms with Crippen molar-refractivity contribution in [3.8, 4) is 11.5 Å². The highest BCUT2D eigenvalue weighted by Crippen LogP contribution is 2.46. The van der Waals surface area contributed by atoms with E-state index in [0.717, 1.165) is 12.8 Å². The number of amides is 2.